The molecule has 1 fully saturated rings. The van der Waals surface area contributed by atoms with Crippen LogP contribution in [-0.2, 0) is 9.84 Å². The van der Waals surface area contributed by atoms with Crippen molar-refractivity contribution >= 4 is 50.1 Å². The van der Waals surface area contributed by atoms with E-state index in [0.717, 1.165) is 5.69 Å². The molecule has 19 heavy (non-hydrogen) atoms. The number of nitrogens with two attached hydrogens (primary N) is 1. The lowest BCUT2D eigenvalue weighted by Crippen LogP contribution is -2.42. The first-order chi connectivity index (χ1) is 8.85. The van der Waals surface area contributed by atoms with Crippen LogP contribution < -0.4 is 16.4 Å². The van der Waals surface area contributed by atoms with Crippen molar-refractivity contribution in [2.24, 2.45) is 0 Å². The van der Waals surface area contributed by atoms with E-state index >= 15 is 0 Å². The Morgan fingerprint density at radius 1 is 1.32 bits per heavy atom. The minimum atomic E-state index is -3.07. The van der Waals surface area contributed by atoms with E-state index in [0.29, 0.717) is 10.8 Å². The molecule has 1 heterocycles. The van der Waals surface area contributed by atoms with Crippen LogP contribution >= 0.6 is 23.8 Å². The molecule has 1 saturated heterocycles. The number of benzene rings is 1. The van der Waals surface area contributed by atoms with Crippen molar-refractivity contribution in [3.63, 3.8) is 0 Å². The standard InChI is InChI=1S/C11H14ClN3O2S2/c12-9-5-19(16,17)6-10(9)15-11(18)14-8-3-1-7(13)2-4-8/h1-4,9-10H,5-6,13H2,(H2,14,15,18). The van der Waals surface area contributed by atoms with Crippen molar-refractivity contribution in [1.29, 1.82) is 0 Å². The molecule has 1 aliphatic heterocycles. The van der Waals surface area contributed by atoms with Gasteiger partial charge < -0.3 is 16.4 Å². The molecule has 0 saturated carbocycles. The molecule has 1 aromatic rings. The Balaban J connectivity index is 1.93. The molecule has 1 aromatic carbocycles. The molecule has 104 valence electrons. The van der Waals surface area contributed by atoms with E-state index in [2.05, 4.69) is 10.6 Å². The van der Waals surface area contributed by atoms with Crippen molar-refractivity contribution in [3.05, 3.63) is 24.3 Å². The molecule has 0 spiro atoms. The van der Waals surface area contributed by atoms with Crippen molar-refractivity contribution in [2.45, 2.75) is 11.4 Å². The van der Waals surface area contributed by atoms with Crippen molar-refractivity contribution < 1.29 is 8.42 Å². The average molecular weight is 320 g/mol. The van der Waals surface area contributed by atoms with E-state index < -0.39 is 15.2 Å². The number of anilines is 2. The van der Waals surface area contributed by atoms with Gasteiger partial charge in [-0.25, -0.2) is 8.42 Å². The molecule has 5 nitrogen and oxygen atoms in total. The van der Waals surface area contributed by atoms with E-state index in [1.807, 2.05) is 0 Å². The summed E-state index contributed by atoms with van der Waals surface area (Å²) in [4.78, 5) is 0. The van der Waals surface area contributed by atoms with Crippen molar-refractivity contribution in [1.82, 2.24) is 5.32 Å². The predicted molar refractivity (Wildman–Crippen MR) is 82.3 cm³/mol. The third-order valence-corrected chi connectivity index (χ3v) is 5.36. The lowest BCUT2D eigenvalue weighted by molar-refractivity contribution is 0.600. The number of halogens is 1. The van der Waals surface area contributed by atoms with Gasteiger partial charge in [0.2, 0.25) is 0 Å². The topological polar surface area (TPSA) is 84.2 Å². The van der Waals surface area contributed by atoms with Crippen LogP contribution in [0.25, 0.3) is 0 Å². The van der Waals surface area contributed by atoms with Crippen LogP contribution in [0.4, 0.5) is 11.4 Å². The van der Waals surface area contributed by atoms with Crippen molar-refractivity contribution in [2.75, 3.05) is 22.6 Å². The highest BCUT2D eigenvalue weighted by Crippen LogP contribution is 2.18. The summed E-state index contributed by atoms with van der Waals surface area (Å²) in [6.45, 7) is 0. The molecule has 2 unspecified atom stereocenters. The molecule has 0 radical (unpaired) electrons. The largest absolute Gasteiger partial charge is 0.399 e. The maximum Gasteiger partial charge on any atom is 0.171 e. The second-order valence-electron chi connectivity index (χ2n) is 4.42. The molecule has 2 atom stereocenters. The minimum Gasteiger partial charge on any atom is -0.399 e. The Hall–Kier alpha value is -1.05. The van der Waals surface area contributed by atoms with Gasteiger partial charge in [0.15, 0.2) is 14.9 Å². The fraction of sp³-hybridized carbons (Fsp3) is 0.364. The number of rotatable bonds is 2. The normalized spacial score (nSPS) is 24.9. The zero-order chi connectivity index (χ0) is 14.0. The monoisotopic (exact) mass is 319 g/mol. The van der Waals surface area contributed by atoms with Crippen LogP contribution in [0, 0.1) is 0 Å². The van der Waals surface area contributed by atoms with Crippen LogP contribution in [0.5, 0.6) is 0 Å². The average Bonchev–Trinajstić information content (AvgIpc) is 2.55. The summed E-state index contributed by atoms with van der Waals surface area (Å²) in [6, 6.07) is 6.70. The van der Waals surface area contributed by atoms with Crippen LogP contribution in [0.2, 0.25) is 0 Å². The molecule has 0 aliphatic carbocycles. The number of alkyl halides is 1. The molecule has 0 bridgehead atoms. The fourth-order valence-corrected chi connectivity index (χ4v) is 4.66. The summed E-state index contributed by atoms with van der Waals surface area (Å²) in [6.07, 6.45) is 0. The van der Waals surface area contributed by atoms with E-state index in [-0.39, 0.29) is 17.5 Å². The SMILES string of the molecule is Nc1ccc(NC(=S)NC2CS(=O)(=O)CC2Cl)cc1. The second-order valence-corrected chi connectivity index (χ2v) is 7.54. The minimum absolute atomic E-state index is 0.00469. The van der Waals surface area contributed by atoms with Gasteiger partial charge in [0.1, 0.15) is 0 Å². The predicted octanol–water partition coefficient (Wildman–Crippen LogP) is 0.960. The highest BCUT2D eigenvalue weighted by molar-refractivity contribution is 7.91. The highest BCUT2D eigenvalue weighted by atomic mass is 35.5. The Kier molecular flexibility index (Phi) is 4.17. The number of thiocarbonyl (C=S) groups is 1. The van der Waals surface area contributed by atoms with Gasteiger partial charge in [-0.3, -0.25) is 0 Å². The Labute approximate surface area is 122 Å². The zero-order valence-electron chi connectivity index (χ0n) is 9.97. The summed E-state index contributed by atoms with van der Waals surface area (Å²) >= 11 is 11.1. The van der Waals surface area contributed by atoms with Gasteiger partial charge >= 0.3 is 0 Å². The maximum atomic E-state index is 11.4. The molecule has 2 rings (SSSR count). The Morgan fingerprint density at radius 3 is 2.47 bits per heavy atom. The van der Waals surface area contributed by atoms with E-state index in [1.165, 1.54) is 0 Å². The summed E-state index contributed by atoms with van der Waals surface area (Å²) < 4.78 is 22.9. The van der Waals surface area contributed by atoms with Gasteiger partial charge in [0.05, 0.1) is 22.9 Å². The van der Waals surface area contributed by atoms with Gasteiger partial charge in [0.25, 0.3) is 0 Å². The van der Waals surface area contributed by atoms with Crippen LogP contribution in [0.1, 0.15) is 0 Å². The summed E-state index contributed by atoms with van der Waals surface area (Å²) in [5.41, 5.74) is 7.01. The molecular formula is C11H14ClN3O2S2. The lowest BCUT2D eigenvalue weighted by atomic mass is 10.2. The zero-order valence-corrected chi connectivity index (χ0v) is 12.4. The molecule has 0 aromatic heterocycles. The molecule has 4 N–H and O–H groups in total. The molecule has 8 heteroatoms. The molecule has 0 amide bonds. The van der Waals surface area contributed by atoms with Gasteiger partial charge in [-0.15, -0.1) is 11.6 Å². The third-order valence-electron chi connectivity index (χ3n) is 2.77. The summed E-state index contributed by atoms with van der Waals surface area (Å²) in [5.74, 6) is -0.0125. The lowest BCUT2D eigenvalue weighted by Gasteiger charge is -2.17. The van der Waals surface area contributed by atoms with Gasteiger partial charge in [-0.2, -0.15) is 0 Å². The first-order valence-electron chi connectivity index (χ1n) is 5.63. The molecular weight excluding hydrogens is 306 g/mol. The highest BCUT2D eigenvalue weighted by Gasteiger charge is 2.36. The quantitative estimate of drug-likeness (QED) is 0.428. The van der Waals surface area contributed by atoms with Gasteiger partial charge in [0, 0.05) is 11.4 Å². The first kappa shape index (κ1) is 14.4. The van der Waals surface area contributed by atoms with Crippen LogP contribution in [-0.4, -0.2) is 36.5 Å². The van der Waals surface area contributed by atoms with Gasteiger partial charge in [-0.1, -0.05) is 0 Å². The summed E-state index contributed by atoms with van der Waals surface area (Å²) in [5, 5.41) is 5.76. The van der Waals surface area contributed by atoms with E-state index in [9.17, 15) is 8.42 Å². The van der Waals surface area contributed by atoms with E-state index in [1.54, 1.807) is 24.3 Å². The van der Waals surface area contributed by atoms with Crippen LogP contribution in [0.15, 0.2) is 24.3 Å². The molecule has 1 aliphatic rings. The van der Waals surface area contributed by atoms with Crippen LogP contribution in [0.3, 0.4) is 0 Å². The number of sulfone groups is 1. The van der Waals surface area contributed by atoms with E-state index in [4.69, 9.17) is 29.6 Å². The maximum absolute atomic E-state index is 11.4. The van der Waals surface area contributed by atoms with Gasteiger partial charge in [-0.05, 0) is 36.5 Å². The summed E-state index contributed by atoms with van der Waals surface area (Å²) in [7, 11) is -3.07. The third kappa shape index (κ3) is 3.95. The number of nitrogens with one attached hydrogen (secondary N) is 2. The Bertz CT molecular complexity index is 574. The fourth-order valence-electron chi connectivity index (χ4n) is 1.84. The smallest absolute Gasteiger partial charge is 0.171 e. The number of hydrogen-bond acceptors (Lipinski definition) is 4. The Morgan fingerprint density at radius 2 is 1.95 bits per heavy atom. The second kappa shape index (κ2) is 5.52. The first-order valence-corrected chi connectivity index (χ1v) is 8.30. The number of nitrogen functional groups attached to an aromatic ring is 1. The van der Waals surface area contributed by atoms with Crippen molar-refractivity contribution in [3.8, 4) is 0 Å². The number of hydrogen-bond donors (Lipinski definition) is 3.